The van der Waals surface area contributed by atoms with Crippen LogP contribution in [0.2, 0.25) is 0 Å². The van der Waals surface area contributed by atoms with E-state index < -0.39 is 23.9 Å². The molecular formula is C23H42NNa2O5+. The molecule has 1 atom stereocenters. The Hall–Kier alpha value is 0.570. The fourth-order valence-corrected chi connectivity index (χ4v) is 3.27. The first-order valence-corrected chi connectivity index (χ1v) is 11.7. The fourth-order valence-electron chi connectivity index (χ4n) is 3.27. The number of nitrogens with two attached hydrogens (primary N) is 1. The Balaban J connectivity index is -0.00000392. The van der Waals surface area contributed by atoms with Gasteiger partial charge in [-0.25, -0.2) is 4.79 Å². The van der Waals surface area contributed by atoms with Crippen molar-refractivity contribution in [2.45, 2.75) is 129 Å². The third kappa shape index (κ3) is 26.7. The molecule has 0 rings (SSSR count). The molecule has 2 N–H and O–H groups in total. The first kappa shape index (κ1) is 36.1. The summed E-state index contributed by atoms with van der Waals surface area (Å²) in [6.07, 6.45) is 18.5. The van der Waals surface area contributed by atoms with E-state index in [1.165, 1.54) is 77.0 Å². The number of hydrogen-bond donors (Lipinski definition) is 1. The second-order valence-electron chi connectivity index (χ2n) is 8.01. The standard InChI is InChI=1S/C23H43NO5.2Na/c1-2-3-4-5-6-7-8-9-10-11-12-13-14-15-16-17-22(27)29-23(28)20(24)18-19-21(25)26;;/h20H,2-19,24H2,1H3,(H,25,26);;/q;2*+1/p-1. The first-order chi connectivity index (χ1) is 14.0. The minimum absolute atomic E-state index is 0. The van der Waals surface area contributed by atoms with Crippen molar-refractivity contribution in [3.8, 4) is 0 Å². The van der Waals surface area contributed by atoms with Crippen LogP contribution >= 0.6 is 0 Å². The van der Waals surface area contributed by atoms with Crippen molar-refractivity contribution in [1.82, 2.24) is 0 Å². The van der Waals surface area contributed by atoms with Crippen LogP contribution in [0.5, 0.6) is 0 Å². The van der Waals surface area contributed by atoms with Gasteiger partial charge in [0.25, 0.3) is 0 Å². The average molecular weight is 459 g/mol. The van der Waals surface area contributed by atoms with E-state index in [0.717, 1.165) is 12.8 Å². The molecule has 0 radical (unpaired) electrons. The number of rotatable bonds is 20. The van der Waals surface area contributed by atoms with Crippen LogP contribution in [0.1, 0.15) is 122 Å². The Morgan fingerprint density at radius 2 is 1.10 bits per heavy atom. The molecular weight excluding hydrogens is 416 g/mol. The third-order valence-electron chi connectivity index (χ3n) is 5.16. The molecule has 0 fully saturated rings. The van der Waals surface area contributed by atoms with E-state index in [9.17, 15) is 19.5 Å². The zero-order chi connectivity index (χ0) is 21.7. The molecule has 0 spiro atoms. The van der Waals surface area contributed by atoms with Gasteiger partial charge >= 0.3 is 71.1 Å². The summed E-state index contributed by atoms with van der Waals surface area (Å²) in [4.78, 5) is 33.5. The summed E-state index contributed by atoms with van der Waals surface area (Å²) in [6.45, 7) is 2.25. The van der Waals surface area contributed by atoms with Crippen LogP contribution in [0.4, 0.5) is 0 Å². The molecule has 31 heavy (non-hydrogen) atoms. The summed E-state index contributed by atoms with van der Waals surface area (Å²) in [5.41, 5.74) is 5.48. The number of ether oxygens (including phenoxy) is 1. The van der Waals surface area contributed by atoms with Gasteiger partial charge in [-0.15, -0.1) is 0 Å². The summed E-state index contributed by atoms with van der Waals surface area (Å²) >= 11 is 0. The molecule has 8 heteroatoms. The van der Waals surface area contributed by atoms with Gasteiger partial charge in [-0.05, 0) is 19.3 Å². The molecule has 0 aliphatic heterocycles. The van der Waals surface area contributed by atoms with Gasteiger partial charge in [0.1, 0.15) is 6.04 Å². The number of unbranched alkanes of at least 4 members (excludes halogenated alkanes) is 14. The van der Waals surface area contributed by atoms with Crippen molar-refractivity contribution in [3.05, 3.63) is 0 Å². The molecule has 170 valence electrons. The number of carbonyl (C=O) groups is 3. The maximum Gasteiger partial charge on any atom is 1.00 e. The Labute approximate surface area is 233 Å². The van der Waals surface area contributed by atoms with Crippen LogP contribution in [0.15, 0.2) is 0 Å². The minimum atomic E-state index is -1.28. The minimum Gasteiger partial charge on any atom is -0.550 e. The number of aliphatic carboxylic acids is 1. The SMILES string of the molecule is CCCCCCCCCCCCCCCCCC(=O)OC(=O)C(N)CCC(=O)[O-].[Na+].[Na+]. The quantitative estimate of drug-likeness (QED) is 0.0996. The van der Waals surface area contributed by atoms with Crippen LogP contribution in [-0.2, 0) is 19.1 Å². The molecule has 0 aromatic heterocycles. The second kappa shape index (κ2) is 26.8. The number of carboxylic acids is 1. The van der Waals surface area contributed by atoms with Crippen molar-refractivity contribution in [2.75, 3.05) is 0 Å². The Kier molecular flexibility index (Phi) is 31.3. The van der Waals surface area contributed by atoms with Gasteiger partial charge in [0.15, 0.2) is 0 Å². The topological polar surface area (TPSA) is 110 Å². The Bertz CT molecular complexity index is 450. The molecule has 0 aliphatic rings. The largest absolute Gasteiger partial charge is 1.00 e. The summed E-state index contributed by atoms with van der Waals surface area (Å²) in [6, 6.07) is -1.10. The van der Waals surface area contributed by atoms with Crippen molar-refractivity contribution >= 4 is 17.9 Å². The molecule has 0 heterocycles. The smallest absolute Gasteiger partial charge is 0.550 e. The van der Waals surface area contributed by atoms with Gasteiger partial charge in [0, 0.05) is 12.4 Å². The zero-order valence-electron chi connectivity index (χ0n) is 20.4. The molecule has 1 unspecified atom stereocenters. The van der Waals surface area contributed by atoms with E-state index in [1.807, 2.05) is 0 Å². The maximum absolute atomic E-state index is 11.6. The van der Waals surface area contributed by atoms with Crippen molar-refractivity contribution in [2.24, 2.45) is 5.73 Å². The van der Waals surface area contributed by atoms with E-state index in [-0.39, 0.29) is 78.4 Å². The van der Waals surface area contributed by atoms with E-state index in [0.29, 0.717) is 6.42 Å². The average Bonchev–Trinajstić information content (AvgIpc) is 2.68. The number of carboxylic acid groups (broad SMARTS) is 1. The second-order valence-corrected chi connectivity index (χ2v) is 8.01. The van der Waals surface area contributed by atoms with E-state index >= 15 is 0 Å². The molecule has 0 aliphatic carbocycles. The summed E-state index contributed by atoms with van der Waals surface area (Å²) < 4.78 is 4.65. The number of esters is 2. The van der Waals surface area contributed by atoms with E-state index in [4.69, 9.17) is 5.73 Å². The normalized spacial score (nSPS) is 11.2. The van der Waals surface area contributed by atoms with Crippen LogP contribution in [0.25, 0.3) is 0 Å². The molecule has 0 amide bonds. The predicted octanol–water partition coefficient (Wildman–Crippen LogP) is -1.82. The fraction of sp³-hybridized carbons (Fsp3) is 0.870. The van der Waals surface area contributed by atoms with Gasteiger partial charge in [-0.3, -0.25) is 4.79 Å². The van der Waals surface area contributed by atoms with E-state index in [2.05, 4.69) is 11.7 Å². The van der Waals surface area contributed by atoms with Crippen molar-refractivity contribution in [1.29, 1.82) is 0 Å². The van der Waals surface area contributed by atoms with Crippen LogP contribution in [-0.4, -0.2) is 23.9 Å². The van der Waals surface area contributed by atoms with E-state index in [1.54, 1.807) is 0 Å². The van der Waals surface area contributed by atoms with Gasteiger partial charge in [0.2, 0.25) is 0 Å². The maximum atomic E-state index is 11.6. The molecule has 0 saturated heterocycles. The number of hydrogen-bond acceptors (Lipinski definition) is 6. The third-order valence-corrected chi connectivity index (χ3v) is 5.16. The Morgan fingerprint density at radius 1 is 0.710 bits per heavy atom. The molecule has 0 bridgehead atoms. The van der Waals surface area contributed by atoms with Gasteiger partial charge in [0.05, 0.1) is 0 Å². The summed E-state index contributed by atoms with van der Waals surface area (Å²) in [5.74, 6) is -2.73. The first-order valence-electron chi connectivity index (χ1n) is 11.7. The molecule has 0 saturated carbocycles. The number of carbonyl (C=O) groups excluding carboxylic acids is 3. The Morgan fingerprint density at radius 3 is 1.48 bits per heavy atom. The summed E-state index contributed by atoms with van der Waals surface area (Å²) in [5, 5.41) is 10.3. The summed E-state index contributed by atoms with van der Waals surface area (Å²) in [7, 11) is 0. The van der Waals surface area contributed by atoms with Crippen LogP contribution in [0, 0.1) is 0 Å². The van der Waals surface area contributed by atoms with Crippen molar-refractivity contribution < 1.29 is 83.3 Å². The van der Waals surface area contributed by atoms with Crippen LogP contribution in [0.3, 0.4) is 0 Å². The monoisotopic (exact) mass is 458 g/mol. The molecule has 6 nitrogen and oxygen atoms in total. The van der Waals surface area contributed by atoms with Gasteiger partial charge in [-0.2, -0.15) is 0 Å². The van der Waals surface area contributed by atoms with Crippen LogP contribution < -0.4 is 70.0 Å². The molecule has 0 aromatic rings. The predicted molar refractivity (Wildman–Crippen MR) is 113 cm³/mol. The zero-order valence-corrected chi connectivity index (χ0v) is 24.4. The molecule has 0 aromatic carbocycles. The van der Waals surface area contributed by atoms with Crippen molar-refractivity contribution in [3.63, 3.8) is 0 Å². The van der Waals surface area contributed by atoms with Gasteiger partial charge < -0.3 is 20.4 Å². The van der Waals surface area contributed by atoms with Gasteiger partial charge in [-0.1, -0.05) is 96.8 Å².